The molecule has 2 aliphatic rings. The summed E-state index contributed by atoms with van der Waals surface area (Å²) in [6.07, 6.45) is 21.9. The first kappa shape index (κ1) is 40.1. The van der Waals surface area contributed by atoms with Gasteiger partial charge in [-0.15, -0.1) is 0 Å². The number of carbonyl (C=O) groups is 1. The van der Waals surface area contributed by atoms with E-state index in [1.807, 2.05) is 18.3 Å². The summed E-state index contributed by atoms with van der Waals surface area (Å²) in [4.78, 5) is 21.1. The van der Waals surface area contributed by atoms with Crippen LogP contribution in [0.1, 0.15) is 134 Å². The highest BCUT2D eigenvalue weighted by atomic mass is 16.4. The Hall–Kier alpha value is -2.68. The zero-order valence-electron chi connectivity index (χ0n) is 31.1. The molecule has 0 spiro atoms. The number of hydrogen-bond donors (Lipinski definition) is 5. The van der Waals surface area contributed by atoms with Gasteiger partial charge in [-0.3, -0.25) is 4.79 Å². The number of carboxylic acids is 1. The van der Waals surface area contributed by atoms with Crippen LogP contribution in [0.4, 0.5) is 5.82 Å². The third-order valence-corrected chi connectivity index (χ3v) is 11.7. The molecule has 0 saturated heterocycles. The van der Waals surface area contributed by atoms with Gasteiger partial charge in [0.05, 0.1) is 23.7 Å². The van der Waals surface area contributed by atoms with Crippen molar-refractivity contribution in [2.24, 2.45) is 35.5 Å². The van der Waals surface area contributed by atoms with E-state index < -0.39 is 23.6 Å². The molecule has 0 aliphatic heterocycles. The summed E-state index contributed by atoms with van der Waals surface area (Å²) in [5.41, 5.74) is 8.25. The zero-order chi connectivity index (χ0) is 36.1. The zero-order valence-corrected chi connectivity index (χ0v) is 31.1. The molecule has 4 rings (SSSR count). The lowest BCUT2D eigenvalue weighted by molar-refractivity contribution is -0.146. The van der Waals surface area contributed by atoms with Crippen LogP contribution in [0.15, 0.2) is 42.7 Å². The Morgan fingerprint density at radius 2 is 1.82 bits per heavy atom. The number of anilines is 1. The van der Waals surface area contributed by atoms with Gasteiger partial charge in [-0.2, -0.15) is 11.9 Å². The second kappa shape index (κ2) is 19.8. The van der Waals surface area contributed by atoms with E-state index in [4.69, 9.17) is 10.7 Å². The van der Waals surface area contributed by atoms with Crippen LogP contribution < -0.4 is 10.7 Å². The van der Waals surface area contributed by atoms with Crippen LogP contribution in [-0.4, -0.2) is 49.2 Å². The molecule has 0 amide bonds. The smallest absolute Gasteiger partial charge is 0.309 e. The van der Waals surface area contributed by atoms with Crippen molar-refractivity contribution >= 4 is 11.8 Å². The monoisotopic (exact) mass is 693 g/mol. The number of hydrogen-bond acceptors (Lipinski definition) is 6. The fourth-order valence-electron chi connectivity index (χ4n) is 8.62. The van der Waals surface area contributed by atoms with Gasteiger partial charge in [0, 0.05) is 12.1 Å². The van der Waals surface area contributed by atoms with Crippen molar-refractivity contribution in [3.8, 4) is 0 Å². The summed E-state index contributed by atoms with van der Waals surface area (Å²) in [6, 6.07) is 6.04. The number of aliphatic carboxylic acids is 1. The van der Waals surface area contributed by atoms with Crippen molar-refractivity contribution in [1.82, 2.24) is 9.97 Å². The van der Waals surface area contributed by atoms with Crippen molar-refractivity contribution in [1.29, 1.82) is 0 Å². The molecule has 8 nitrogen and oxygen atoms in total. The molecule has 2 heterocycles. The van der Waals surface area contributed by atoms with Gasteiger partial charge >= 0.3 is 5.97 Å². The second-order valence-electron chi connectivity index (χ2n) is 16.3. The highest BCUT2D eigenvalue weighted by Gasteiger charge is 2.45. The Morgan fingerprint density at radius 3 is 2.54 bits per heavy atom. The van der Waals surface area contributed by atoms with Crippen molar-refractivity contribution in [3.63, 3.8) is 0 Å². The van der Waals surface area contributed by atoms with Crippen molar-refractivity contribution in [2.45, 2.75) is 154 Å². The van der Waals surface area contributed by atoms with E-state index in [1.54, 1.807) is 6.20 Å². The van der Waals surface area contributed by atoms with Gasteiger partial charge in [-0.05, 0) is 118 Å². The number of nitrogen functional groups attached to an aromatic ring is 1. The maximum Gasteiger partial charge on any atom is 0.309 e. The molecule has 1 fully saturated rings. The molecule has 2 aromatic heterocycles. The summed E-state index contributed by atoms with van der Waals surface area (Å²) in [5, 5.41) is 44.1. The largest absolute Gasteiger partial charge is 0.667 e. The van der Waals surface area contributed by atoms with Gasteiger partial charge in [0.1, 0.15) is 5.82 Å². The highest BCUT2D eigenvalue weighted by Crippen LogP contribution is 2.46. The van der Waals surface area contributed by atoms with Gasteiger partial charge in [0.2, 0.25) is 0 Å². The molecule has 1 saturated carbocycles. The number of rotatable bonds is 22. The number of pyridine rings is 1. The molecule has 280 valence electrons. The second-order valence-corrected chi connectivity index (χ2v) is 16.3. The van der Waals surface area contributed by atoms with Crippen LogP contribution in [0.3, 0.4) is 0 Å². The number of allylic oxidation sites excluding steroid dienone is 1. The van der Waals surface area contributed by atoms with E-state index in [-0.39, 0.29) is 30.3 Å². The summed E-state index contributed by atoms with van der Waals surface area (Å²) in [7, 11) is 0. The molecular weight excluding hydrogens is 626 g/mol. The Bertz CT molecular complexity index is 1330. The SMILES string of the molecule is CCCCCC1C=CC(CCCCCC(C(=O)O)C(O)CCC2(O)CC(Cc3ccnc(N)c3)CC2Cc2cc(CCC(C)C)c[n-]2)C(O)C1. The molecule has 0 bridgehead atoms. The number of aryl methyl sites for hydroxylation is 1. The molecule has 8 atom stereocenters. The topological polar surface area (TPSA) is 151 Å². The minimum absolute atomic E-state index is 0.0363. The first-order valence-electron chi connectivity index (χ1n) is 19.8. The number of aromatic nitrogens is 2. The van der Waals surface area contributed by atoms with Gasteiger partial charge in [-0.1, -0.05) is 83.1 Å². The fraction of sp³-hybridized carbons (Fsp3) is 0.714. The molecule has 8 unspecified atom stereocenters. The van der Waals surface area contributed by atoms with Crippen LogP contribution in [0.25, 0.3) is 0 Å². The fourth-order valence-corrected chi connectivity index (χ4v) is 8.62. The Morgan fingerprint density at radius 1 is 1.02 bits per heavy atom. The minimum Gasteiger partial charge on any atom is -0.667 e. The number of aliphatic hydroxyl groups is 3. The van der Waals surface area contributed by atoms with Gasteiger partial charge < -0.3 is 31.1 Å². The van der Waals surface area contributed by atoms with E-state index in [2.05, 4.69) is 44.0 Å². The third kappa shape index (κ3) is 12.5. The van der Waals surface area contributed by atoms with Crippen LogP contribution in [0, 0.1) is 35.5 Å². The standard InChI is InChI=1S/C42H66N3O5/c1-4-5-7-10-30-15-16-34(39(47)24-30)11-8-6-9-12-37(41(48)49)38(46)17-19-42(50)27-33(21-31-18-20-44-40(43)25-31)22-35(42)26-36-23-32(28-45-36)14-13-29(2)3/h15-16,18,20,23,25,28-30,33-35,37-39,46-47,50H,4-14,17,19,21-22,24,26-27H2,1-3H3,(H2,43,44)(H,48,49)/q-1. The van der Waals surface area contributed by atoms with E-state index in [1.165, 1.54) is 24.8 Å². The van der Waals surface area contributed by atoms with Crippen molar-refractivity contribution in [3.05, 3.63) is 59.6 Å². The van der Waals surface area contributed by atoms with E-state index >= 15 is 0 Å². The van der Waals surface area contributed by atoms with E-state index in [0.29, 0.717) is 49.8 Å². The number of aliphatic hydroxyl groups excluding tert-OH is 2. The lowest BCUT2D eigenvalue weighted by Gasteiger charge is -2.33. The average Bonchev–Trinajstić information content (AvgIpc) is 3.64. The summed E-state index contributed by atoms with van der Waals surface area (Å²) in [5.74, 6) is 0.124. The lowest BCUT2D eigenvalue weighted by atomic mass is 9.80. The third-order valence-electron chi connectivity index (χ3n) is 11.7. The lowest BCUT2D eigenvalue weighted by Crippen LogP contribution is -2.37. The van der Waals surface area contributed by atoms with Gasteiger partial charge in [-0.25, -0.2) is 4.98 Å². The van der Waals surface area contributed by atoms with E-state index in [0.717, 1.165) is 69.0 Å². The number of nitrogens with two attached hydrogens (primary N) is 1. The molecule has 6 N–H and O–H groups in total. The Labute approximate surface area is 301 Å². The summed E-state index contributed by atoms with van der Waals surface area (Å²) in [6.45, 7) is 6.66. The van der Waals surface area contributed by atoms with Crippen LogP contribution >= 0.6 is 0 Å². The molecular formula is C42H66N3O5-. The highest BCUT2D eigenvalue weighted by molar-refractivity contribution is 5.70. The normalized spacial score (nSPS) is 26.4. The Balaban J connectivity index is 1.29. The predicted octanol–water partition coefficient (Wildman–Crippen LogP) is 7.68. The van der Waals surface area contributed by atoms with Gasteiger partial charge in [0.25, 0.3) is 0 Å². The molecule has 2 aliphatic carbocycles. The average molecular weight is 693 g/mol. The number of nitrogens with zero attached hydrogens (tertiary/aromatic N) is 2. The van der Waals surface area contributed by atoms with Crippen LogP contribution in [-0.2, 0) is 24.1 Å². The summed E-state index contributed by atoms with van der Waals surface area (Å²) < 4.78 is 0. The molecule has 0 aromatic carbocycles. The van der Waals surface area contributed by atoms with E-state index in [9.17, 15) is 25.2 Å². The number of carboxylic acid groups (broad SMARTS) is 1. The molecule has 2 aromatic rings. The molecule has 50 heavy (non-hydrogen) atoms. The number of unbranched alkanes of at least 4 members (excludes halogenated alkanes) is 4. The maximum absolute atomic E-state index is 12.3. The van der Waals surface area contributed by atoms with Crippen molar-refractivity contribution < 1.29 is 25.2 Å². The maximum atomic E-state index is 12.3. The molecule has 8 heteroatoms. The molecule has 0 radical (unpaired) electrons. The van der Waals surface area contributed by atoms with Crippen LogP contribution in [0.5, 0.6) is 0 Å². The first-order chi connectivity index (χ1) is 24.0. The van der Waals surface area contributed by atoms with Crippen LogP contribution in [0.2, 0.25) is 0 Å². The van der Waals surface area contributed by atoms with Crippen molar-refractivity contribution in [2.75, 3.05) is 5.73 Å². The van der Waals surface area contributed by atoms with Gasteiger partial charge in [0.15, 0.2) is 0 Å². The summed E-state index contributed by atoms with van der Waals surface area (Å²) >= 11 is 0. The quantitative estimate of drug-likeness (QED) is 0.0623. The first-order valence-corrected chi connectivity index (χ1v) is 19.8. The Kier molecular flexibility index (Phi) is 15.9. The minimum atomic E-state index is -1.02. The predicted molar refractivity (Wildman–Crippen MR) is 200 cm³/mol.